The van der Waals surface area contributed by atoms with Gasteiger partial charge in [0.05, 0.1) is 16.8 Å². The quantitative estimate of drug-likeness (QED) is 0.619. The second-order valence-electron chi connectivity index (χ2n) is 11.4. The summed E-state index contributed by atoms with van der Waals surface area (Å²) in [4.78, 5) is 28.8. The van der Waals surface area contributed by atoms with E-state index in [1.807, 2.05) is 48.5 Å². The minimum atomic E-state index is -0.693. The van der Waals surface area contributed by atoms with Gasteiger partial charge < -0.3 is 23.8 Å². The first kappa shape index (κ1) is 26.5. The zero-order valence-electron chi connectivity index (χ0n) is 22.0. The van der Waals surface area contributed by atoms with Crippen molar-refractivity contribution in [2.75, 3.05) is 20.1 Å². The predicted octanol–water partition coefficient (Wildman–Crippen LogP) is 3.90. The summed E-state index contributed by atoms with van der Waals surface area (Å²) in [5.41, 5.74) is -0.464. The van der Waals surface area contributed by atoms with E-state index in [9.17, 15) is 9.59 Å². The topological polar surface area (TPSA) is 68.3 Å². The third-order valence-electron chi connectivity index (χ3n) is 7.03. The molecule has 0 N–H and O–H groups in total. The molecule has 2 heterocycles. The van der Waals surface area contributed by atoms with Crippen molar-refractivity contribution in [3.63, 3.8) is 0 Å². The van der Waals surface area contributed by atoms with Crippen LogP contribution < -0.4 is 5.46 Å². The summed E-state index contributed by atoms with van der Waals surface area (Å²) in [6.07, 6.45) is 0.833. The normalized spacial score (nSPS) is 20.4. The number of carbonyl (C=O) groups is 2. The summed E-state index contributed by atoms with van der Waals surface area (Å²) in [6, 6.07) is 3.07. The van der Waals surface area contributed by atoms with Crippen LogP contribution in [0.3, 0.4) is 0 Å². The third kappa shape index (κ3) is 5.41. The molecule has 0 aliphatic carbocycles. The van der Waals surface area contributed by atoms with E-state index in [1.165, 1.54) is 6.07 Å². The highest BCUT2D eigenvalue weighted by Crippen LogP contribution is 2.36. The van der Waals surface area contributed by atoms with Crippen molar-refractivity contribution < 1.29 is 28.0 Å². The molecule has 2 amide bonds. The number of piperidine rings is 1. The molecule has 2 saturated heterocycles. The monoisotopic (exact) mass is 476 g/mol. The summed E-state index contributed by atoms with van der Waals surface area (Å²) < 4.78 is 32.7. The molecule has 34 heavy (non-hydrogen) atoms. The van der Waals surface area contributed by atoms with Crippen LogP contribution in [-0.2, 0) is 14.0 Å². The van der Waals surface area contributed by atoms with Crippen molar-refractivity contribution in [1.82, 2.24) is 9.80 Å². The highest BCUT2D eigenvalue weighted by atomic mass is 19.1. The average molecular weight is 476 g/mol. The number of likely N-dealkylation sites (tertiary alicyclic amines) is 1. The molecule has 0 unspecified atom stereocenters. The molecule has 0 spiro atoms. The zero-order chi connectivity index (χ0) is 25.6. The molecule has 188 valence electrons. The molecule has 7 nitrogen and oxygen atoms in total. The number of halogens is 1. The Labute approximate surface area is 203 Å². The van der Waals surface area contributed by atoms with Crippen LogP contribution in [0.15, 0.2) is 12.1 Å². The number of benzene rings is 1. The fraction of sp³-hybridized carbons (Fsp3) is 0.680. The number of carbonyl (C=O) groups excluding carboxylic acids is 2. The van der Waals surface area contributed by atoms with E-state index in [-0.39, 0.29) is 23.6 Å². The van der Waals surface area contributed by atoms with Crippen molar-refractivity contribution in [1.29, 1.82) is 0 Å². The average Bonchev–Trinajstić information content (AvgIpc) is 2.92. The molecule has 2 fully saturated rings. The fourth-order valence-electron chi connectivity index (χ4n) is 4.25. The van der Waals surface area contributed by atoms with Crippen LogP contribution in [0.1, 0.15) is 77.2 Å². The number of hydrogen-bond donors (Lipinski definition) is 0. The van der Waals surface area contributed by atoms with Crippen molar-refractivity contribution in [2.24, 2.45) is 0 Å². The van der Waals surface area contributed by atoms with Crippen LogP contribution >= 0.6 is 0 Å². The number of aryl methyl sites for hydroxylation is 1. The fourth-order valence-corrected chi connectivity index (χ4v) is 4.25. The highest BCUT2D eigenvalue weighted by Gasteiger charge is 2.52. The molecular weight excluding hydrogens is 438 g/mol. The summed E-state index contributed by atoms with van der Waals surface area (Å²) in [7, 11) is 1.02. The largest absolute Gasteiger partial charge is 0.494 e. The van der Waals surface area contributed by atoms with E-state index in [1.54, 1.807) is 29.8 Å². The van der Waals surface area contributed by atoms with Crippen LogP contribution in [0.5, 0.6) is 0 Å². The van der Waals surface area contributed by atoms with Gasteiger partial charge in [-0.15, -0.1) is 0 Å². The van der Waals surface area contributed by atoms with Gasteiger partial charge in [-0.05, 0) is 85.3 Å². The van der Waals surface area contributed by atoms with Gasteiger partial charge in [0.1, 0.15) is 11.4 Å². The molecule has 1 aromatic rings. The number of nitrogens with zero attached hydrogens (tertiary/aromatic N) is 2. The first-order chi connectivity index (χ1) is 15.5. The summed E-state index contributed by atoms with van der Waals surface area (Å²) in [5.74, 6) is -0.920. The van der Waals surface area contributed by atoms with Crippen LogP contribution in [0, 0.1) is 12.7 Å². The van der Waals surface area contributed by atoms with Crippen LogP contribution in [0.2, 0.25) is 0 Å². The number of hydrogen-bond acceptors (Lipinski definition) is 5. The lowest BCUT2D eigenvalue weighted by Gasteiger charge is -2.37. The maximum atomic E-state index is 15.2. The van der Waals surface area contributed by atoms with E-state index in [4.69, 9.17) is 14.0 Å². The van der Waals surface area contributed by atoms with Crippen molar-refractivity contribution in [3.05, 3.63) is 29.1 Å². The second-order valence-corrected chi connectivity index (χ2v) is 11.4. The Hall–Kier alpha value is -2.13. The lowest BCUT2D eigenvalue weighted by molar-refractivity contribution is 0.00578. The highest BCUT2D eigenvalue weighted by molar-refractivity contribution is 6.62. The summed E-state index contributed by atoms with van der Waals surface area (Å²) in [5, 5.41) is 0. The minimum Gasteiger partial charge on any atom is -0.444 e. The molecular formula is C25H38BFN2O5. The maximum Gasteiger partial charge on any atom is 0.494 e. The lowest BCUT2D eigenvalue weighted by atomic mass is 9.77. The Balaban J connectivity index is 1.68. The van der Waals surface area contributed by atoms with Gasteiger partial charge in [0.2, 0.25) is 0 Å². The van der Waals surface area contributed by atoms with E-state index in [0.29, 0.717) is 37.0 Å². The smallest absolute Gasteiger partial charge is 0.444 e. The van der Waals surface area contributed by atoms with E-state index in [2.05, 4.69) is 0 Å². The molecule has 0 aromatic heterocycles. The van der Waals surface area contributed by atoms with Gasteiger partial charge in [0.15, 0.2) is 0 Å². The van der Waals surface area contributed by atoms with Gasteiger partial charge in [-0.3, -0.25) is 4.79 Å². The molecule has 3 rings (SSSR count). The molecule has 0 radical (unpaired) electrons. The van der Waals surface area contributed by atoms with E-state index in [0.717, 1.165) is 0 Å². The Bertz CT molecular complexity index is 912. The Morgan fingerprint density at radius 1 is 1.12 bits per heavy atom. The van der Waals surface area contributed by atoms with E-state index >= 15 is 4.39 Å². The van der Waals surface area contributed by atoms with Crippen molar-refractivity contribution in [3.8, 4) is 0 Å². The summed E-state index contributed by atoms with van der Waals surface area (Å²) in [6.45, 7) is 15.9. The van der Waals surface area contributed by atoms with Crippen molar-refractivity contribution >= 4 is 24.6 Å². The standard InChI is InChI=1S/C25H38BFN2O5/c1-16-14-17(26-33-24(5,6)25(7,8)34-26)15-19(27)20(16)21(30)29-12-10-18(11-13-29)28(9)22(31)32-23(2,3)4/h14-15,18H,10-13H2,1-9H3. The lowest BCUT2D eigenvalue weighted by Crippen LogP contribution is -2.48. The number of ether oxygens (including phenoxy) is 1. The summed E-state index contributed by atoms with van der Waals surface area (Å²) >= 11 is 0. The molecule has 0 bridgehead atoms. The Morgan fingerprint density at radius 3 is 2.12 bits per heavy atom. The SMILES string of the molecule is Cc1cc(B2OC(C)(C)C(C)(C)O2)cc(F)c1C(=O)N1CCC(N(C)C(=O)OC(C)(C)C)CC1. The minimum absolute atomic E-state index is 0.0319. The Morgan fingerprint density at radius 2 is 1.65 bits per heavy atom. The van der Waals surface area contributed by atoms with Gasteiger partial charge in [-0.2, -0.15) is 0 Å². The van der Waals surface area contributed by atoms with Crippen LogP contribution in [0.4, 0.5) is 9.18 Å². The molecule has 0 atom stereocenters. The molecule has 0 saturated carbocycles. The third-order valence-corrected chi connectivity index (χ3v) is 7.03. The maximum absolute atomic E-state index is 15.2. The zero-order valence-corrected chi connectivity index (χ0v) is 22.0. The Kier molecular flexibility index (Phi) is 7.13. The number of rotatable bonds is 3. The van der Waals surface area contributed by atoms with Gasteiger partial charge in [-0.25, -0.2) is 9.18 Å². The first-order valence-electron chi connectivity index (χ1n) is 11.9. The van der Waals surface area contributed by atoms with Crippen molar-refractivity contribution in [2.45, 2.75) is 91.1 Å². The van der Waals surface area contributed by atoms with Gasteiger partial charge in [0.25, 0.3) is 5.91 Å². The predicted molar refractivity (Wildman–Crippen MR) is 130 cm³/mol. The molecule has 1 aromatic carbocycles. The van der Waals surface area contributed by atoms with Crippen LogP contribution in [0.25, 0.3) is 0 Å². The first-order valence-corrected chi connectivity index (χ1v) is 11.9. The van der Waals surface area contributed by atoms with E-state index < -0.39 is 29.7 Å². The molecule has 2 aliphatic heterocycles. The second kappa shape index (κ2) is 9.15. The number of amides is 2. The van der Waals surface area contributed by atoms with Gasteiger partial charge in [-0.1, -0.05) is 6.07 Å². The van der Waals surface area contributed by atoms with Crippen LogP contribution in [-0.4, -0.2) is 71.9 Å². The van der Waals surface area contributed by atoms with Gasteiger partial charge in [0, 0.05) is 26.2 Å². The molecule has 2 aliphatic rings. The molecule has 9 heteroatoms. The van der Waals surface area contributed by atoms with Gasteiger partial charge >= 0.3 is 13.2 Å².